The third-order valence-corrected chi connectivity index (χ3v) is 23.1. The zero-order chi connectivity index (χ0) is 29.4. The highest BCUT2D eigenvalue weighted by atomic mass is 28.5. The fourth-order valence-corrected chi connectivity index (χ4v) is 24.2. The molecule has 4 nitrogen and oxygen atoms in total. The minimum Gasteiger partial charge on any atom is -0.437 e. The summed E-state index contributed by atoms with van der Waals surface area (Å²) in [6.45, 7) is 29.8. The van der Waals surface area contributed by atoms with Gasteiger partial charge >= 0.3 is 8.56 Å². The Balaban J connectivity index is 1.63. The zero-order valence-corrected chi connectivity index (χ0v) is 30.8. The van der Waals surface area contributed by atoms with Crippen LogP contribution >= 0.6 is 0 Å². The Labute approximate surface area is 242 Å². The van der Waals surface area contributed by atoms with Crippen LogP contribution in [0.15, 0.2) is 48.5 Å². The zero-order valence-electron chi connectivity index (χ0n) is 26.8. The highest BCUT2D eigenvalue weighted by molar-refractivity contribution is 6.94. The Morgan fingerprint density at radius 2 is 1.26 bits per heavy atom. The molecule has 0 fully saturated rings. The van der Waals surface area contributed by atoms with Crippen LogP contribution in [0.2, 0.25) is 64.5 Å². The minimum absolute atomic E-state index is 0.161. The van der Waals surface area contributed by atoms with Crippen LogP contribution in [-0.4, -0.2) is 43.2 Å². The van der Waals surface area contributed by atoms with Gasteiger partial charge in [-0.15, -0.1) is 0 Å². The van der Waals surface area contributed by atoms with Crippen LogP contribution < -0.4 is 10.4 Å². The monoisotopic (exact) mass is 596 g/mol. The van der Waals surface area contributed by atoms with E-state index >= 15 is 0 Å². The molecular formula is C31H52N2O2Si4. The topological polar surface area (TPSA) is 47.1 Å². The normalized spacial score (nSPS) is 13.7. The third kappa shape index (κ3) is 8.47. The van der Waals surface area contributed by atoms with Crippen molar-refractivity contribution in [3.63, 3.8) is 0 Å². The lowest BCUT2D eigenvalue weighted by atomic mass is 9.87. The predicted molar refractivity (Wildman–Crippen MR) is 180 cm³/mol. The van der Waals surface area contributed by atoms with Gasteiger partial charge in [0.1, 0.15) is 5.82 Å². The van der Waals surface area contributed by atoms with Crippen molar-refractivity contribution < 1.29 is 8.23 Å². The molecule has 0 bridgehead atoms. The third-order valence-electron chi connectivity index (χ3n) is 7.89. The number of hydrogen-bond acceptors (Lipinski definition) is 3. The number of aromatic nitrogens is 2. The number of aryl methyl sites for hydroxylation is 2. The first-order chi connectivity index (χ1) is 17.7. The Hall–Kier alpha value is -1.56. The molecule has 1 aromatic heterocycles. The van der Waals surface area contributed by atoms with Crippen molar-refractivity contribution >= 4 is 43.6 Å². The highest BCUT2D eigenvalue weighted by Crippen LogP contribution is 2.28. The van der Waals surface area contributed by atoms with Crippen molar-refractivity contribution in [2.45, 2.75) is 104 Å². The Kier molecular flexibility index (Phi) is 9.32. The standard InChI is InChI=1S/C31H52N2O2Si4/c1-24-25(2)33-30(32-24)26-14-18-28(19-15-26)36(6,7)22-23-37(8,9)34-39(12,13)35-38(10,11)29-20-16-27(17-21-29)31(3,4)5/h14-21H,22-23H2,1-13H3,(H,32,33). The molecule has 0 saturated carbocycles. The van der Waals surface area contributed by atoms with E-state index < -0.39 is 33.3 Å². The van der Waals surface area contributed by atoms with Gasteiger partial charge in [0.25, 0.3) is 0 Å². The minimum atomic E-state index is -2.30. The van der Waals surface area contributed by atoms with E-state index in [0.717, 1.165) is 28.8 Å². The van der Waals surface area contributed by atoms with E-state index in [0.29, 0.717) is 0 Å². The second-order valence-electron chi connectivity index (χ2n) is 14.5. The molecule has 0 aliphatic rings. The predicted octanol–water partition coefficient (Wildman–Crippen LogP) is 7.96. The van der Waals surface area contributed by atoms with Gasteiger partial charge in [0.05, 0.1) is 13.8 Å². The quantitative estimate of drug-likeness (QED) is 0.242. The van der Waals surface area contributed by atoms with E-state index in [1.807, 2.05) is 0 Å². The summed E-state index contributed by atoms with van der Waals surface area (Å²) in [5.41, 5.74) is 4.88. The van der Waals surface area contributed by atoms with Crippen molar-refractivity contribution in [1.82, 2.24) is 9.97 Å². The molecule has 3 aromatic rings. The first-order valence-electron chi connectivity index (χ1n) is 14.4. The van der Waals surface area contributed by atoms with E-state index in [9.17, 15) is 0 Å². The largest absolute Gasteiger partial charge is 0.437 e. The Morgan fingerprint density at radius 1 is 0.718 bits per heavy atom. The Bertz CT molecular complexity index is 1240. The summed E-state index contributed by atoms with van der Waals surface area (Å²) in [7, 11) is -7.90. The van der Waals surface area contributed by atoms with Crippen molar-refractivity contribution in [3.8, 4) is 11.4 Å². The molecule has 2 aromatic carbocycles. The van der Waals surface area contributed by atoms with Gasteiger partial charge in [0.2, 0.25) is 8.32 Å². The first kappa shape index (κ1) is 32.0. The second-order valence-corrected chi connectivity index (χ2v) is 31.4. The van der Waals surface area contributed by atoms with Gasteiger partial charge in [-0.2, -0.15) is 0 Å². The van der Waals surface area contributed by atoms with E-state index in [-0.39, 0.29) is 5.41 Å². The van der Waals surface area contributed by atoms with Crippen molar-refractivity contribution in [1.29, 1.82) is 0 Å². The van der Waals surface area contributed by atoms with Crippen LogP contribution in [0.1, 0.15) is 37.7 Å². The molecule has 0 saturated heterocycles. The second kappa shape index (κ2) is 11.4. The van der Waals surface area contributed by atoms with E-state index in [4.69, 9.17) is 8.23 Å². The average molecular weight is 597 g/mol. The molecule has 1 N–H and O–H groups in total. The maximum atomic E-state index is 6.98. The fourth-order valence-electron chi connectivity index (χ4n) is 5.30. The van der Waals surface area contributed by atoms with Crippen molar-refractivity contribution in [2.24, 2.45) is 0 Å². The van der Waals surface area contributed by atoms with Gasteiger partial charge in [-0.3, -0.25) is 0 Å². The summed E-state index contributed by atoms with van der Waals surface area (Å²) in [6, 6.07) is 20.6. The number of H-pyrrole nitrogens is 1. The van der Waals surface area contributed by atoms with E-state index in [2.05, 4.69) is 145 Å². The molecule has 0 amide bonds. The SMILES string of the molecule is Cc1nc(-c2ccc([Si](C)(C)CC[Si](C)(C)O[Si](C)(C)O[Si](C)(C)c3ccc(C(C)(C)C)cc3)cc2)[nH]c1C. The number of imidazole rings is 1. The summed E-state index contributed by atoms with van der Waals surface area (Å²) in [5, 5.41) is 2.84. The van der Waals surface area contributed by atoms with Crippen LogP contribution in [0.3, 0.4) is 0 Å². The number of benzene rings is 2. The molecule has 0 spiro atoms. The van der Waals surface area contributed by atoms with Gasteiger partial charge in [-0.05, 0) is 75.3 Å². The number of aromatic amines is 1. The molecule has 3 rings (SSSR count). The van der Waals surface area contributed by atoms with Crippen LogP contribution in [0.5, 0.6) is 0 Å². The first-order valence-corrected chi connectivity index (χ1v) is 26.4. The number of nitrogens with one attached hydrogen (secondary N) is 1. The van der Waals surface area contributed by atoms with Crippen LogP contribution in [0.25, 0.3) is 11.4 Å². The van der Waals surface area contributed by atoms with Gasteiger partial charge in [-0.25, -0.2) is 4.98 Å². The summed E-state index contributed by atoms with van der Waals surface area (Å²) in [5.74, 6) is 0.960. The smallest absolute Gasteiger partial charge is 0.311 e. The van der Waals surface area contributed by atoms with Crippen molar-refractivity contribution in [2.75, 3.05) is 0 Å². The fraction of sp³-hybridized carbons (Fsp3) is 0.516. The highest BCUT2D eigenvalue weighted by Gasteiger charge is 2.41. The van der Waals surface area contributed by atoms with Gasteiger partial charge in [-0.1, -0.05) is 93.6 Å². The lowest BCUT2D eigenvalue weighted by Gasteiger charge is -2.39. The summed E-state index contributed by atoms with van der Waals surface area (Å²) < 4.78 is 13.9. The molecule has 8 heteroatoms. The number of hydrogen-bond donors (Lipinski definition) is 1. The molecule has 0 radical (unpaired) electrons. The maximum absolute atomic E-state index is 6.98. The van der Waals surface area contributed by atoms with E-state index in [1.165, 1.54) is 22.0 Å². The van der Waals surface area contributed by atoms with Gasteiger partial charge in [0, 0.05) is 11.3 Å². The molecule has 0 aliphatic heterocycles. The lowest BCUT2D eigenvalue weighted by Crippen LogP contribution is -2.57. The van der Waals surface area contributed by atoms with Crippen molar-refractivity contribution in [3.05, 3.63) is 65.5 Å². The summed E-state index contributed by atoms with van der Waals surface area (Å²) >= 11 is 0. The summed E-state index contributed by atoms with van der Waals surface area (Å²) in [4.78, 5) is 8.08. The molecule has 1 heterocycles. The molecule has 0 unspecified atom stereocenters. The maximum Gasteiger partial charge on any atom is 0.311 e. The van der Waals surface area contributed by atoms with E-state index in [1.54, 1.807) is 0 Å². The van der Waals surface area contributed by atoms with Crippen LogP contribution in [-0.2, 0) is 13.6 Å². The Morgan fingerprint density at radius 3 is 1.74 bits per heavy atom. The lowest BCUT2D eigenvalue weighted by molar-refractivity contribution is 0.395. The van der Waals surface area contributed by atoms with Crippen LogP contribution in [0.4, 0.5) is 0 Å². The molecular weight excluding hydrogens is 545 g/mol. The number of nitrogens with zero attached hydrogens (tertiary/aromatic N) is 1. The number of rotatable bonds is 10. The summed E-state index contributed by atoms with van der Waals surface area (Å²) in [6.07, 6.45) is 0. The van der Waals surface area contributed by atoms with Crippen LogP contribution in [0, 0.1) is 13.8 Å². The van der Waals surface area contributed by atoms with Gasteiger partial charge in [0.15, 0.2) is 8.32 Å². The molecule has 214 valence electrons. The molecule has 0 atom stereocenters. The molecule has 0 aliphatic carbocycles. The average Bonchev–Trinajstić information content (AvgIpc) is 3.14. The molecule has 39 heavy (non-hydrogen) atoms. The van der Waals surface area contributed by atoms with Gasteiger partial charge < -0.3 is 13.2 Å².